The molecule has 7 atom stereocenters. The number of nitrogens with one attached hydrogen (secondary N) is 1. The monoisotopic (exact) mass is 480 g/mol. The molecule has 10 heteroatoms. The van der Waals surface area contributed by atoms with E-state index in [9.17, 15) is 30.3 Å². The van der Waals surface area contributed by atoms with Crippen molar-refractivity contribution in [3.05, 3.63) is 12.2 Å². The number of carboxylic acid groups (broad SMARTS) is 1. The van der Waals surface area contributed by atoms with Crippen molar-refractivity contribution in [2.24, 2.45) is 5.41 Å². The van der Waals surface area contributed by atoms with Gasteiger partial charge in [0.2, 0.25) is 0 Å². The third-order valence-electron chi connectivity index (χ3n) is 5.15. The molecule has 1 rings (SSSR count). The van der Waals surface area contributed by atoms with E-state index in [1.807, 2.05) is 13.8 Å². The fourth-order valence-electron chi connectivity index (χ4n) is 2.42. The zero-order valence-electron chi connectivity index (χ0n) is 21.5. The third kappa shape index (κ3) is 15.3. The maximum absolute atomic E-state index is 10.9. The zero-order valence-corrected chi connectivity index (χ0v) is 21.5. The molecule has 0 aromatic heterocycles. The van der Waals surface area contributed by atoms with Crippen molar-refractivity contribution in [1.29, 1.82) is 0 Å². The van der Waals surface area contributed by atoms with Gasteiger partial charge in [-0.2, -0.15) is 0 Å². The average molecular weight is 481 g/mol. The summed E-state index contributed by atoms with van der Waals surface area (Å²) in [6.07, 6.45) is -4.26. The smallest absolute Gasteiger partial charge is 0.405 e. The number of amides is 1. The van der Waals surface area contributed by atoms with Crippen LogP contribution in [0.4, 0.5) is 4.79 Å². The van der Waals surface area contributed by atoms with E-state index in [0.717, 1.165) is 0 Å². The van der Waals surface area contributed by atoms with Crippen LogP contribution in [0, 0.1) is 5.41 Å². The van der Waals surface area contributed by atoms with Crippen LogP contribution < -0.4 is 5.32 Å². The Kier molecular flexibility index (Phi) is 17.7. The van der Waals surface area contributed by atoms with Gasteiger partial charge in [-0.15, -0.1) is 0 Å². The van der Waals surface area contributed by atoms with Crippen molar-refractivity contribution < 1.29 is 40.2 Å². The molecule has 1 aliphatic rings. The first-order chi connectivity index (χ1) is 15.2. The van der Waals surface area contributed by atoms with E-state index in [4.69, 9.17) is 9.84 Å². The molecule has 0 saturated heterocycles. The maximum Gasteiger partial charge on any atom is 0.405 e. The van der Waals surface area contributed by atoms with E-state index in [2.05, 4.69) is 33.0 Å². The summed E-state index contributed by atoms with van der Waals surface area (Å²) < 4.78 is 5.47. The third-order valence-corrected chi connectivity index (χ3v) is 5.15. The molecule has 0 fully saturated rings. The Morgan fingerprint density at radius 2 is 1.67 bits per heavy atom. The number of ether oxygens (including phenoxy) is 1. The molecule has 0 saturated carbocycles. The van der Waals surface area contributed by atoms with Crippen LogP contribution in [0.1, 0.15) is 60.8 Å². The predicted molar refractivity (Wildman–Crippen MR) is 128 cm³/mol. The fourth-order valence-corrected chi connectivity index (χ4v) is 2.42. The summed E-state index contributed by atoms with van der Waals surface area (Å²) in [5.41, 5.74) is 0.542. The number of rotatable bonds is 8. The highest BCUT2D eigenvalue weighted by Gasteiger charge is 2.34. The first-order valence-corrected chi connectivity index (χ1v) is 11.5. The molecule has 0 radical (unpaired) electrons. The molecule has 0 aliphatic heterocycles. The first kappa shape index (κ1) is 33.9. The lowest BCUT2D eigenvalue weighted by Crippen LogP contribution is -2.50. The summed E-state index contributed by atoms with van der Waals surface area (Å²) in [5.74, 6) is 0. The standard InChI is InChI=1S/C15H28N2O8.C6H14.C2H6/c1-17(2)12(20)6-10(19)8(16-15(23)24)7-25-11-5-3-4-9(18)13(21)14(11)22;1-5-6(2,3)4;1-2/h3-4,8-14,16,18-22H,5-7H2,1-2H3,(H,23,24);5H2,1-4H3;1-2H3. The zero-order chi connectivity index (χ0) is 26.4. The van der Waals surface area contributed by atoms with Gasteiger partial charge in [0.05, 0.1) is 24.9 Å². The van der Waals surface area contributed by atoms with Gasteiger partial charge in [0.25, 0.3) is 0 Å². The number of nitrogens with zero attached hydrogens (tertiary/aromatic N) is 1. The van der Waals surface area contributed by atoms with Crippen LogP contribution in [-0.4, -0.2) is 105 Å². The Labute approximate surface area is 198 Å². The van der Waals surface area contributed by atoms with Gasteiger partial charge in [-0.25, -0.2) is 4.79 Å². The minimum Gasteiger partial charge on any atom is -0.465 e. The molecule has 33 heavy (non-hydrogen) atoms. The SMILES string of the molecule is CC.CCC(C)(C)C.CN(C)C(O)CC(O)C(COC1CC=CC(O)C(O)C1O)NC(=O)O. The molecule has 10 nitrogen and oxygen atoms in total. The average Bonchev–Trinajstić information content (AvgIpc) is 2.85. The van der Waals surface area contributed by atoms with E-state index in [1.165, 1.54) is 17.4 Å². The number of carbonyl (C=O) groups is 1. The van der Waals surface area contributed by atoms with E-state index >= 15 is 0 Å². The number of aliphatic hydroxyl groups is 5. The van der Waals surface area contributed by atoms with Gasteiger partial charge in [0.15, 0.2) is 0 Å². The minimum atomic E-state index is -1.44. The van der Waals surface area contributed by atoms with Crippen molar-refractivity contribution in [2.75, 3.05) is 20.7 Å². The fraction of sp³-hybridized carbons (Fsp3) is 0.870. The summed E-state index contributed by atoms with van der Waals surface area (Å²) in [4.78, 5) is 12.4. The van der Waals surface area contributed by atoms with Crippen molar-refractivity contribution >= 4 is 6.09 Å². The quantitative estimate of drug-likeness (QED) is 0.199. The molecular weight excluding hydrogens is 432 g/mol. The van der Waals surface area contributed by atoms with E-state index < -0.39 is 48.9 Å². The second-order valence-electron chi connectivity index (χ2n) is 9.22. The van der Waals surface area contributed by atoms with Crippen LogP contribution in [0.15, 0.2) is 12.2 Å². The maximum atomic E-state index is 10.9. The molecule has 0 spiro atoms. The number of hydrogen-bond acceptors (Lipinski definition) is 8. The van der Waals surface area contributed by atoms with Crippen LogP contribution in [0.2, 0.25) is 0 Å². The Morgan fingerprint density at radius 1 is 1.15 bits per heavy atom. The Morgan fingerprint density at radius 3 is 2.09 bits per heavy atom. The van der Waals surface area contributed by atoms with Crippen LogP contribution in [0.5, 0.6) is 0 Å². The summed E-state index contributed by atoms with van der Waals surface area (Å²) in [6, 6.07) is -1.05. The van der Waals surface area contributed by atoms with Gasteiger partial charge < -0.3 is 40.7 Å². The Bertz CT molecular complexity index is 539. The molecule has 0 bridgehead atoms. The first-order valence-electron chi connectivity index (χ1n) is 11.5. The molecule has 0 heterocycles. The number of hydrogen-bond donors (Lipinski definition) is 7. The summed E-state index contributed by atoms with van der Waals surface area (Å²) in [7, 11) is 3.21. The van der Waals surface area contributed by atoms with Gasteiger partial charge in [0, 0.05) is 6.42 Å². The molecule has 7 unspecified atom stereocenters. The van der Waals surface area contributed by atoms with Gasteiger partial charge in [-0.1, -0.05) is 60.1 Å². The Hall–Kier alpha value is -1.27. The van der Waals surface area contributed by atoms with Crippen LogP contribution in [0.3, 0.4) is 0 Å². The second kappa shape index (κ2) is 17.2. The minimum absolute atomic E-state index is 0.115. The van der Waals surface area contributed by atoms with Crippen molar-refractivity contribution in [3.8, 4) is 0 Å². The van der Waals surface area contributed by atoms with Crippen molar-refractivity contribution in [3.63, 3.8) is 0 Å². The highest BCUT2D eigenvalue weighted by atomic mass is 16.5. The summed E-state index contributed by atoms with van der Waals surface area (Å²) in [5, 5.41) is 60.3. The molecule has 0 aromatic carbocycles. The molecule has 7 N–H and O–H groups in total. The highest BCUT2D eigenvalue weighted by Crippen LogP contribution is 2.18. The van der Waals surface area contributed by atoms with E-state index in [-0.39, 0.29) is 19.4 Å². The van der Waals surface area contributed by atoms with Gasteiger partial charge in [-0.05, 0) is 25.9 Å². The summed E-state index contributed by atoms with van der Waals surface area (Å²) >= 11 is 0. The van der Waals surface area contributed by atoms with Crippen LogP contribution in [-0.2, 0) is 4.74 Å². The van der Waals surface area contributed by atoms with E-state index in [1.54, 1.807) is 20.2 Å². The van der Waals surface area contributed by atoms with Crippen LogP contribution >= 0.6 is 0 Å². The highest BCUT2D eigenvalue weighted by molar-refractivity contribution is 5.64. The van der Waals surface area contributed by atoms with Gasteiger partial charge >= 0.3 is 6.09 Å². The molecule has 198 valence electrons. The molecule has 1 aliphatic carbocycles. The topological polar surface area (TPSA) is 163 Å². The normalized spacial score (nSPS) is 25.5. The van der Waals surface area contributed by atoms with Gasteiger partial charge in [0.1, 0.15) is 24.5 Å². The Balaban J connectivity index is 0. The van der Waals surface area contributed by atoms with E-state index in [0.29, 0.717) is 5.41 Å². The van der Waals surface area contributed by atoms with Crippen molar-refractivity contribution in [1.82, 2.24) is 10.2 Å². The van der Waals surface area contributed by atoms with Crippen LogP contribution in [0.25, 0.3) is 0 Å². The number of aliphatic hydroxyl groups excluding tert-OH is 5. The largest absolute Gasteiger partial charge is 0.465 e. The predicted octanol–water partition coefficient (Wildman–Crippen LogP) is 1.15. The van der Waals surface area contributed by atoms with Crippen molar-refractivity contribution in [2.45, 2.75) is 104 Å². The molecule has 0 aromatic rings. The second-order valence-corrected chi connectivity index (χ2v) is 9.22. The van der Waals surface area contributed by atoms with Gasteiger partial charge in [-0.3, -0.25) is 4.90 Å². The molecular formula is C23H48N2O8. The lowest BCUT2D eigenvalue weighted by Gasteiger charge is -2.30. The lowest BCUT2D eigenvalue weighted by molar-refractivity contribution is -0.117. The lowest BCUT2D eigenvalue weighted by atomic mass is 9.94. The summed E-state index contributed by atoms with van der Waals surface area (Å²) in [6.45, 7) is 12.7. The molecule has 1 amide bonds.